The highest BCUT2D eigenvalue weighted by atomic mass is 16.5. The van der Waals surface area contributed by atoms with Crippen molar-refractivity contribution in [2.75, 3.05) is 32.8 Å². The number of ether oxygens (including phenoxy) is 1. The van der Waals surface area contributed by atoms with Gasteiger partial charge in [-0.15, -0.1) is 0 Å². The molecule has 0 aromatic rings. The quantitative estimate of drug-likeness (QED) is 0.445. The molecular formula is C6H13NO+. The molecule has 1 aliphatic heterocycles. The molecule has 1 aliphatic rings. The number of likely N-dealkylation sites (N-methyl/N-ethyl adjacent to an activating group) is 1. The molecule has 0 bridgehead atoms. The van der Waals surface area contributed by atoms with E-state index in [1.165, 1.54) is 6.54 Å². The molecule has 47 valence electrons. The maximum Gasteiger partial charge on any atom is 0.146 e. The molecule has 1 heterocycles. The molecule has 2 nitrogen and oxygen atoms in total. The number of hydrogen-bond acceptors (Lipinski definition) is 2. The van der Waals surface area contributed by atoms with E-state index >= 15 is 0 Å². The minimum atomic E-state index is 0.924. The molecule has 0 amide bonds. The van der Waals surface area contributed by atoms with Gasteiger partial charge in [0, 0.05) is 0 Å². The average Bonchev–Trinajstić information content (AvgIpc) is 1.90. The van der Waals surface area contributed by atoms with Crippen LogP contribution in [-0.4, -0.2) is 32.8 Å². The molecule has 0 aromatic heterocycles. The van der Waals surface area contributed by atoms with Crippen molar-refractivity contribution in [3.8, 4) is 0 Å². The Morgan fingerprint density at radius 1 is 1.38 bits per heavy atom. The molecule has 0 atom stereocenters. The minimum Gasteiger partial charge on any atom is -0.369 e. The maximum atomic E-state index is 5.16. The minimum absolute atomic E-state index is 0.924. The summed E-state index contributed by atoms with van der Waals surface area (Å²) in [6, 6.07) is 0. The lowest BCUT2D eigenvalue weighted by Crippen LogP contribution is -2.40. The molecule has 0 unspecified atom stereocenters. The van der Waals surface area contributed by atoms with E-state index in [0.29, 0.717) is 0 Å². The molecule has 0 aromatic carbocycles. The Balaban J connectivity index is 2.13. The fourth-order valence-electron chi connectivity index (χ4n) is 0.917. The fraction of sp³-hybridized carbons (Fsp3) is 1.00. The van der Waals surface area contributed by atoms with E-state index in [9.17, 15) is 0 Å². The highest BCUT2D eigenvalue weighted by Crippen LogP contribution is 1.90. The summed E-state index contributed by atoms with van der Waals surface area (Å²) in [6.07, 6.45) is 0. The summed E-state index contributed by atoms with van der Waals surface area (Å²) in [6.45, 7) is 7.45. The van der Waals surface area contributed by atoms with Gasteiger partial charge in [-0.25, -0.2) is 0 Å². The van der Waals surface area contributed by atoms with E-state index in [-0.39, 0.29) is 0 Å². The third kappa shape index (κ3) is 1.46. The summed E-state index contributed by atoms with van der Waals surface area (Å²) in [7, 11) is 0. The molecule has 0 N–H and O–H groups in total. The van der Waals surface area contributed by atoms with Crippen LogP contribution in [0.15, 0.2) is 0 Å². The summed E-state index contributed by atoms with van der Waals surface area (Å²) in [5, 5.41) is 0. The van der Waals surface area contributed by atoms with Gasteiger partial charge in [-0.05, 0) is 6.92 Å². The third-order valence-corrected chi connectivity index (χ3v) is 1.55. The summed E-state index contributed by atoms with van der Waals surface area (Å²) >= 11 is 0. The van der Waals surface area contributed by atoms with E-state index in [2.05, 4.69) is 11.8 Å². The topological polar surface area (TPSA) is 15.1 Å². The van der Waals surface area contributed by atoms with Crippen LogP contribution < -0.4 is 4.90 Å². The van der Waals surface area contributed by atoms with Gasteiger partial charge in [-0.1, -0.05) is 0 Å². The van der Waals surface area contributed by atoms with Crippen LogP contribution in [0.3, 0.4) is 0 Å². The Kier molecular flexibility index (Phi) is 2.30. The molecule has 1 saturated heterocycles. The van der Waals surface area contributed by atoms with Crippen LogP contribution in [0.25, 0.3) is 0 Å². The van der Waals surface area contributed by atoms with Crippen molar-refractivity contribution >= 4 is 0 Å². The van der Waals surface area contributed by atoms with E-state index in [0.717, 1.165) is 26.3 Å². The average molecular weight is 115 g/mol. The molecule has 8 heavy (non-hydrogen) atoms. The first kappa shape index (κ1) is 6.05. The van der Waals surface area contributed by atoms with Gasteiger partial charge in [0.25, 0.3) is 0 Å². The first-order valence-corrected chi connectivity index (χ1v) is 3.23. The Bertz CT molecular complexity index is 59.5. The third-order valence-electron chi connectivity index (χ3n) is 1.55. The number of nitrogens with zero attached hydrogens (tertiary/aromatic N) is 1. The van der Waals surface area contributed by atoms with Crippen LogP contribution in [0.5, 0.6) is 0 Å². The Hall–Kier alpha value is -0.0800. The summed E-state index contributed by atoms with van der Waals surface area (Å²) in [5.74, 6) is 0. The lowest BCUT2D eigenvalue weighted by atomic mass is 10.4. The first-order chi connectivity index (χ1) is 3.93. The Labute approximate surface area is 50.4 Å². The smallest absolute Gasteiger partial charge is 0.146 e. The summed E-state index contributed by atoms with van der Waals surface area (Å²) in [4.78, 5) is 2.39. The van der Waals surface area contributed by atoms with Crippen molar-refractivity contribution in [3.63, 3.8) is 0 Å². The molecule has 1 rings (SSSR count). The Morgan fingerprint density at radius 3 is 2.38 bits per heavy atom. The van der Waals surface area contributed by atoms with Gasteiger partial charge >= 0.3 is 0 Å². The summed E-state index contributed by atoms with van der Waals surface area (Å²) < 4.78 is 5.16. The van der Waals surface area contributed by atoms with E-state index in [4.69, 9.17) is 4.74 Å². The second-order valence-electron chi connectivity index (χ2n) is 2.05. The monoisotopic (exact) mass is 115 g/mol. The van der Waals surface area contributed by atoms with Crippen LogP contribution in [0, 0.1) is 0 Å². The molecule has 2 heteroatoms. The molecular weight excluding hydrogens is 102 g/mol. The van der Waals surface area contributed by atoms with Crippen LogP contribution in [0.4, 0.5) is 0 Å². The van der Waals surface area contributed by atoms with E-state index < -0.39 is 0 Å². The number of rotatable bonds is 1. The van der Waals surface area contributed by atoms with E-state index in [1.807, 2.05) is 0 Å². The van der Waals surface area contributed by atoms with Gasteiger partial charge in [-0.2, -0.15) is 4.90 Å². The predicted octanol–water partition coefficient (Wildman–Crippen LogP) is 0.177. The van der Waals surface area contributed by atoms with Crippen molar-refractivity contribution in [2.24, 2.45) is 0 Å². The molecule has 1 radical (unpaired) electrons. The van der Waals surface area contributed by atoms with Crippen molar-refractivity contribution in [1.29, 1.82) is 0 Å². The number of morpholine rings is 1. The first-order valence-electron chi connectivity index (χ1n) is 3.23. The maximum absolute atomic E-state index is 5.16. The largest absolute Gasteiger partial charge is 0.369 e. The standard InChI is InChI=1S/C6H13NO/c1-2-7-3-5-8-6-4-7/h2-6H2,1H3/q+1. The molecule has 0 aliphatic carbocycles. The van der Waals surface area contributed by atoms with Gasteiger partial charge in [-0.3, -0.25) is 0 Å². The van der Waals surface area contributed by atoms with Crippen molar-refractivity contribution in [1.82, 2.24) is 4.90 Å². The highest BCUT2D eigenvalue weighted by molar-refractivity contribution is 4.64. The van der Waals surface area contributed by atoms with Gasteiger partial charge in [0.05, 0.1) is 0 Å². The van der Waals surface area contributed by atoms with Crippen LogP contribution in [0.2, 0.25) is 0 Å². The van der Waals surface area contributed by atoms with Gasteiger partial charge in [0.15, 0.2) is 0 Å². The normalized spacial score (nSPS) is 23.6. The zero-order valence-electron chi connectivity index (χ0n) is 5.39. The number of hydrogen-bond donors (Lipinski definition) is 0. The van der Waals surface area contributed by atoms with E-state index in [1.54, 1.807) is 0 Å². The lowest BCUT2D eigenvalue weighted by Gasteiger charge is -2.15. The van der Waals surface area contributed by atoms with Crippen LogP contribution in [-0.2, 0) is 4.74 Å². The lowest BCUT2D eigenvalue weighted by molar-refractivity contribution is 0.0769. The SMILES string of the molecule is CC[N+]1CCOCC1. The Morgan fingerprint density at radius 2 is 2.00 bits per heavy atom. The molecule has 1 fully saturated rings. The van der Waals surface area contributed by atoms with Crippen molar-refractivity contribution in [2.45, 2.75) is 6.92 Å². The second kappa shape index (κ2) is 3.05. The summed E-state index contributed by atoms with van der Waals surface area (Å²) in [5.41, 5.74) is 0. The highest BCUT2D eigenvalue weighted by Gasteiger charge is 2.15. The molecule has 0 spiro atoms. The van der Waals surface area contributed by atoms with Crippen LogP contribution >= 0.6 is 0 Å². The second-order valence-corrected chi connectivity index (χ2v) is 2.05. The van der Waals surface area contributed by atoms with Crippen LogP contribution in [0.1, 0.15) is 6.92 Å². The van der Waals surface area contributed by atoms with Gasteiger partial charge in [0.1, 0.15) is 32.8 Å². The van der Waals surface area contributed by atoms with Crippen molar-refractivity contribution < 1.29 is 4.74 Å². The van der Waals surface area contributed by atoms with Crippen molar-refractivity contribution in [3.05, 3.63) is 0 Å². The van der Waals surface area contributed by atoms with Gasteiger partial charge < -0.3 is 4.74 Å². The zero-order chi connectivity index (χ0) is 5.82. The predicted molar refractivity (Wildman–Crippen MR) is 33.2 cm³/mol. The zero-order valence-corrected chi connectivity index (χ0v) is 5.39. The van der Waals surface area contributed by atoms with Gasteiger partial charge in [0.2, 0.25) is 0 Å². The fourth-order valence-corrected chi connectivity index (χ4v) is 0.917. The molecule has 0 saturated carbocycles.